The maximum atomic E-state index is 16.2. The van der Waals surface area contributed by atoms with Gasteiger partial charge in [-0.1, -0.05) is 97.2 Å². The van der Waals surface area contributed by atoms with Gasteiger partial charge >= 0.3 is 25.8 Å². The summed E-state index contributed by atoms with van der Waals surface area (Å²) in [4.78, 5) is 5.39. The van der Waals surface area contributed by atoms with E-state index in [-0.39, 0.29) is 108 Å². The van der Waals surface area contributed by atoms with Gasteiger partial charge in [0.1, 0.15) is 11.6 Å². The Morgan fingerprint density at radius 2 is 0.836 bits per heavy atom. The Morgan fingerprint density at radius 3 is 1.16 bits per heavy atom. The molecule has 1 aromatic heterocycles. The van der Waals surface area contributed by atoms with Crippen LogP contribution < -0.4 is 10.2 Å². The third-order valence-corrected chi connectivity index (χ3v) is 17.8. The zero-order valence-corrected chi connectivity index (χ0v) is 45.4. The van der Waals surface area contributed by atoms with Gasteiger partial charge in [-0.25, -0.2) is 13.8 Å². The average molecular weight is 1070 g/mol. The SMILES string of the molecule is CC(C)c1ccc(-c2cc(F)cc(C34CC5C[C@@](C)(C3)C[C@](C)(C5)C4)c2[O-])c(-c2cccc(-c3cc(C(C)C)ccc3-c3cc(F)cc(C45CC6C[C@@](C)(C4)C[C@](C)(C6)C5)c3[O-])n2)c1.[CH3-].[CH3-].[Hf+4]. The van der Waals surface area contributed by atoms with Crippen LogP contribution in [0.3, 0.4) is 0 Å². The molecule has 67 heavy (non-hydrogen) atoms. The van der Waals surface area contributed by atoms with Gasteiger partial charge in [-0.15, -0.1) is 0 Å². The summed E-state index contributed by atoms with van der Waals surface area (Å²) < 4.78 is 32.5. The molecule has 8 bridgehead atoms. The normalized spacial score (nSPS) is 32.0. The van der Waals surface area contributed by atoms with Gasteiger partial charge in [0, 0.05) is 11.1 Å². The van der Waals surface area contributed by atoms with Crippen LogP contribution in [-0.2, 0) is 36.7 Å². The van der Waals surface area contributed by atoms with Gasteiger partial charge in [-0.3, -0.25) is 0 Å². The fourth-order valence-corrected chi connectivity index (χ4v) is 17.3. The molecule has 8 aliphatic carbocycles. The Kier molecular flexibility index (Phi) is 12.5. The number of benzene rings is 4. The van der Waals surface area contributed by atoms with Gasteiger partial charge in [-0.05, 0) is 226 Å². The maximum Gasteiger partial charge on any atom is 4.00 e. The molecule has 6 heteroatoms. The van der Waals surface area contributed by atoms with Crippen LogP contribution in [0.5, 0.6) is 11.5 Å². The minimum absolute atomic E-state index is 0. The van der Waals surface area contributed by atoms with E-state index in [0.29, 0.717) is 56.6 Å². The van der Waals surface area contributed by atoms with Crippen molar-refractivity contribution < 1.29 is 44.8 Å². The van der Waals surface area contributed by atoms with Crippen molar-refractivity contribution in [3.05, 3.63) is 128 Å². The van der Waals surface area contributed by atoms with E-state index in [9.17, 15) is 0 Å². The molecule has 0 amide bonds. The summed E-state index contributed by atoms with van der Waals surface area (Å²) in [7, 11) is 0. The van der Waals surface area contributed by atoms with E-state index < -0.39 is 0 Å². The molecule has 8 aliphatic rings. The van der Waals surface area contributed by atoms with Crippen molar-refractivity contribution in [1.29, 1.82) is 0 Å². The number of hydrogen-bond acceptors (Lipinski definition) is 3. The van der Waals surface area contributed by atoms with Gasteiger partial charge < -0.3 is 25.1 Å². The first kappa shape index (κ1) is 49.8. The number of rotatable bonds is 8. The summed E-state index contributed by atoms with van der Waals surface area (Å²) in [5.74, 6) is 0.649. The van der Waals surface area contributed by atoms with E-state index in [2.05, 4.69) is 79.7 Å². The van der Waals surface area contributed by atoms with Crippen LogP contribution in [0, 0.1) is 60.0 Å². The second-order valence-electron chi connectivity index (χ2n) is 24.8. The zero-order chi connectivity index (χ0) is 44.9. The smallest absolute Gasteiger partial charge is 0.872 e. The summed E-state index contributed by atoms with van der Waals surface area (Å²) in [6.07, 6.45) is 12.8. The Morgan fingerprint density at radius 1 is 0.478 bits per heavy atom. The monoisotopic (exact) mass is 1070 g/mol. The van der Waals surface area contributed by atoms with Gasteiger partial charge in [0.25, 0.3) is 0 Å². The zero-order valence-electron chi connectivity index (χ0n) is 41.8. The van der Waals surface area contributed by atoms with E-state index in [1.165, 1.54) is 50.7 Å². The second-order valence-corrected chi connectivity index (χ2v) is 24.8. The van der Waals surface area contributed by atoms with Gasteiger partial charge in [-0.2, -0.15) is 0 Å². The molecule has 0 saturated heterocycles. The van der Waals surface area contributed by atoms with E-state index in [1.54, 1.807) is 12.1 Å². The summed E-state index contributed by atoms with van der Waals surface area (Å²) in [5.41, 5.74) is 8.48. The van der Waals surface area contributed by atoms with E-state index >= 15 is 19.0 Å². The number of aromatic nitrogens is 1. The van der Waals surface area contributed by atoms with Crippen molar-refractivity contribution in [2.75, 3.05) is 0 Å². The number of nitrogens with zero attached hydrogens (tertiary/aromatic N) is 1. The van der Waals surface area contributed by atoms with Crippen LogP contribution in [0.1, 0.15) is 167 Å². The van der Waals surface area contributed by atoms with Crippen molar-refractivity contribution in [3.8, 4) is 56.3 Å². The largest absolute Gasteiger partial charge is 4.00 e. The summed E-state index contributed by atoms with van der Waals surface area (Å²) in [5, 5.41) is 30.2. The van der Waals surface area contributed by atoms with Crippen molar-refractivity contribution >= 4 is 0 Å². The topological polar surface area (TPSA) is 59.0 Å². The Balaban J connectivity index is 0.00000203. The first-order chi connectivity index (χ1) is 30.2. The van der Waals surface area contributed by atoms with E-state index in [1.807, 2.05) is 30.3 Å². The quantitative estimate of drug-likeness (QED) is 0.115. The minimum Gasteiger partial charge on any atom is -0.872 e. The molecule has 350 valence electrons. The molecule has 8 atom stereocenters. The van der Waals surface area contributed by atoms with E-state index in [0.717, 1.165) is 60.8 Å². The second kappa shape index (κ2) is 16.8. The van der Waals surface area contributed by atoms with Crippen LogP contribution in [0.15, 0.2) is 78.9 Å². The van der Waals surface area contributed by atoms with Crippen LogP contribution in [0.4, 0.5) is 8.78 Å². The standard InChI is InChI=1S/C59H67F2NO2.2CH3.Hf/c1-34(2)38-12-14-42(46-18-40(60)20-48(52(46)63)58-26-36-22-54(5,30-58)28-55(6,23-36)31-58)44(16-38)50-10-9-11-51(62-50)45-17-39(35(3)4)13-15-43(45)47-19-41(61)21-49(53(47)64)59-27-37-24-56(7,32-59)29-57(8,25-37)33-59;;;/h9-21,34-37,63-64H,22-33H2,1-8H3;2*1H3;/q;2*-1;+4/p-2/t36?,37?,54-,55+,56-,57+,58?,59?;;;. The fourth-order valence-electron chi connectivity index (χ4n) is 17.3. The van der Waals surface area contributed by atoms with Crippen LogP contribution >= 0.6 is 0 Å². The molecule has 0 N–H and O–H groups in total. The molecule has 3 nitrogen and oxygen atoms in total. The fraction of sp³-hybridized carbons (Fsp3) is 0.492. The molecule has 1 heterocycles. The third-order valence-electron chi connectivity index (χ3n) is 17.8. The average Bonchev–Trinajstić information content (AvgIpc) is 3.19. The number of hydrogen-bond donors (Lipinski definition) is 0. The van der Waals surface area contributed by atoms with Crippen molar-refractivity contribution in [3.63, 3.8) is 0 Å². The van der Waals surface area contributed by atoms with Crippen molar-refractivity contribution in [2.24, 2.45) is 33.5 Å². The molecule has 8 saturated carbocycles. The molecular weight excluding hydrogens is 995 g/mol. The van der Waals surface area contributed by atoms with Crippen molar-refractivity contribution in [2.45, 2.75) is 155 Å². The molecule has 4 aromatic carbocycles. The molecular formula is C61H71F2HfNO2. The Bertz CT molecular complexity index is 2540. The summed E-state index contributed by atoms with van der Waals surface area (Å²) in [6, 6.07) is 24.3. The molecule has 0 spiro atoms. The third kappa shape index (κ3) is 8.21. The summed E-state index contributed by atoms with van der Waals surface area (Å²) in [6.45, 7) is 18.2. The number of pyridine rings is 1. The molecule has 8 fully saturated rings. The minimum atomic E-state index is -0.369. The predicted octanol–water partition coefficient (Wildman–Crippen LogP) is 15.8. The Hall–Kier alpha value is -3.64. The molecule has 13 rings (SSSR count). The van der Waals surface area contributed by atoms with E-state index in [4.69, 9.17) is 4.98 Å². The molecule has 0 radical (unpaired) electrons. The molecule has 4 unspecified atom stereocenters. The number of halogens is 2. The predicted molar refractivity (Wildman–Crippen MR) is 264 cm³/mol. The van der Waals surface area contributed by atoms with Crippen LogP contribution in [0.2, 0.25) is 0 Å². The maximum absolute atomic E-state index is 16.2. The van der Waals surface area contributed by atoms with Gasteiger partial charge in [0.05, 0.1) is 11.4 Å². The first-order valence-corrected chi connectivity index (χ1v) is 24.5. The Labute approximate surface area is 419 Å². The molecule has 5 aromatic rings. The van der Waals surface area contributed by atoms with Gasteiger partial charge in [0.15, 0.2) is 0 Å². The van der Waals surface area contributed by atoms with Crippen molar-refractivity contribution in [1.82, 2.24) is 4.98 Å². The van der Waals surface area contributed by atoms with Gasteiger partial charge in [0.2, 0.25) is 0 Å². The van der Waals surface area contributed by atoms with Crippen LogP contribution in [-0.4, -0.2) is 4.98 Å². The van der Waals surface area contributed by atoms with Crippen LogP contribution in [0.25, 0.3) is 44.8 Å². The molecule has 0 aliphatic heterocycles. The first-order valence-electron chi connectivity index (χ1n) is 24.5. The summed E-state index contributed by atoms with van der Waals surface area (Å²) >= 11 is 0.